The number of carbonyl (C=O) groups excluding carboxylic acids is 2. The molecule has 0 spiro atoms. The average molecular weight is 329 g/mol. The van der Waals surface area contributed by atoms with Crippen LogP contribution in [0.15, 0.2) is 40.9 Å². The molecule has 2 aromatic rings. The summed E-state index contributed by atoms with van der Waals surface area (Å²) in [4.78, 5) is 27.6. The van der Waals surface area contributed by atoms with Gasteiger partial charge in [0.25, 0.3) is 5.91 Å². The second kappa shape index (κ2) is 7.16. The van der Waals surface area contributed by atoms with Crippen LogP contribution in [0.3, 0.4) is 0 Å². The summed E-state index contributed by atoms with van der Waals surface area (Å²) in [6.07, 6.45) is -0.358. The van der Waals surface area contributed by atoms with Gasteiger partial charge in [0.1, 0.15) is 12.4 Å². The molecule has 0 N–H and O–H groups in total. The van der Waals surface area contributed by atoms with E-state index in [4.69, 9.17) is 9.26 Å². The van der Waals surface area contributed by atoms with Gasteiger partial charge in [-0.05, 0) is 12.5 Å². The van der Waals surface area contributed by atoms with Gasteiger partial charge in [-0.2, -0.15) is 0 Å². The van der Waals surface area contributed by atoms with Crippen LogP contribution in [0.5, 0.6) is 0 Å². The molecule has 0 atom stereocenters. The molecule has 2 heterocycles. The van der Waals surface area contributed by atoms with E-state index >= 15 is 0 Å². The van der Waals surface area contributed by atoms with E-state index in [0.29, 0.717) is 37.6 Å². The van der Waals surface area contributed by atoms with Crippen LogP contribution < -0.4 is 0 Å². The normalized spacial score (nSPS) is 14.5. The van der Waals surface area contributed by atoms with Gasteiger partial charge in [0.2, 0.25) is 0 Å². The molecule has 0 saturated carbocycles. The van der Waals surface area contributed by atoms with E-state index in [-0.39, 0.29) is 18.6 Å². The molecule has 0 bridgehead atoms. The number of ether oxygens (including phenoxy) is 1. The van der Waals surface area contributed by atoms with Crippen molar-refractivity contribution in [2.45, 2.75) is 13.5 Å². The van der Waals surface area contributed by atoms with Crippen molar-refractivity contribution in [3.05, 3.63) is 53.4 Å². The third kappa shape index (κ3) is 3.73. The van der Waals surface area contributed by atoms with Crippen molar-refractivity contribution in [3.63, 3.8) is 0 Å². The van der Waals surface area contributed by atoms with Gasteiger partial charge in [0.05, 0.1) is 0 Å². The Labute approximate surface area is 139 Å². The minimum absolute atomic E-state index is 0.177. The predicted molar refractivity (Wildman–Crippen MR) is 85.3 cm³/mol. The van der Waals surface area contributed by atoms with E-state index in [2.05, 4.69) is 5.16 Å². The largest absolute Gasteiger partial charge is 0.445 e. The Morgan fingerprint density at radius 3 is 2.42 bits per heavy atom. The number of carbonyl (C=O) groups is 2. The predicted octanol–water partition coefficient (Wildman–Crippen LogP) is 2.08. The van der Waals surface area contributed by atoms with Gasteiger partial charge in [-0.15, -0.1) is 0 Å². The van der Waals surface area contributed by atoms with E-state index < -0.39 is 0 Å². The average Bonchev–Trinajstić information content (AvgIpc) is 3.06. The zero-order chi connectivity index (χ0) is 16.9. The maximum Gasteiger partial charge on any atom is 0.410 e. The van der Waals surface area contributed by atoms with Gasteiger partial charge in [-0.1, -0.05) is 35.5 Å². The van der Waals surface area contributed by atoms with Crippen LogP contribution >= 0.6 is 0 Å². The minimum Gasteiger partial charge on any atom is -0.445 e. The van der Waals surface area contributed by atoms with Crippen molar-refractivity contribution in [2.75, 3.05) is 26.2 Å². The molecular weight excluding hydrogens is 310 g/mol. The van der Waals surface area contributed by atoms with Crippen LogP contribution in [-0.4, -0.2) is 53.1 Å². The number of rotatable bonds is 3. The van der Waals surface area contributed by atoms with Crippen molar-refractivity contribution in [3.8, 4) is 0 Å². The van der Waals surface area contributed by atoms with E-state index in [1.54, 1.807) is 22.8 Å². The molecule has 24 heavy (non-hydrogen) atoms. The van der Waals surface area contributed by atoms with Gasteiger partial charge >= 0.3 is 6.09 Å². The fraction of sp³-hybridized carbons (Fsp3) is 0.353. The first kappa shape index (κ1) is 16.0. The topological polar surface area (TPSA) is 75.9 Å². The maximum absolute atomic E-state index is 12.3. The summed E-state index contributed by atoms with van der Waals surface area (Å²) in [5.41, 5.74) is 1.24. The van der Waals surface area contributed by atoms with Crippen molar-refractivity contribution < 1.29 is 18.8 Å². The van der Waals surface area contributed by atoms with Crippen LogP contribution in [0.1, 0.15) is 21.8 Å². The Morgan fingerprint density at radius 2 is 1.79 bits per heavy atom. The Balaban J connectivity index is 1.47. The maximum atomic E-state index is 12.3. The van der Waals surface area contributed by atoms with E-state index in [0.717, 1.165) is 5.56 Å². The molecule has 2 amide bonds. The molecule has 1 saturated heterocycles. The number of aromatic nitrogens is 1. The highest BCUT2D eigenvalue weighted by Gasteiger charge is 2.27. The number of hydrogen-bond acceptors (Lipinski definition) is 5. The van der Waals surface area contributed by atoms with Gasteiger partial charge in [0.15, 0.2) is 5.69 Å². The Hall–Kier alpha value is -2.83. The van der Waals surface area contributed by atoms with Crippen molar-refractivity contribution in [2.24, 2.45) is 0 Å². The van der Waals surface area contributed by atoms with Crippen LogP contribution in [0, 0.1) is 6.92 Å². The van der Waals surface area contributed by atoms with Crippen molar-refractivity contribution >= 4 is 12.0 Å². The van der Waals surface area contributed by atoms with Gasteiger partial charge in [-0.3, -0.25) is 4.79 Å². The highest BCUT2D eigenvalue weighted by molar-refractivity contribution is 5.92. The summed E-state index contributed by atoms with van der Waals surface area (Å²) in [6.45, 7) is 3.77. The molecule has 7 nitrogen and oxygen atoms in total. The SMILES string of the molecule is Cc1cc(C(=O)N2CCN(C(=O)OCc3ccccc3)CC2)no1. The van der Waals surface area contributed by atoms with Crippen LogP contribution in [-0.2, 0) is 11.3 Å². The molecule has 1 aromatic carbocycles. The number of piperazine rings is 1. The molecule has 1 fully saturated rings. The lowest BCUT2D eigenvalue weighted by molar-refractivity contribution is 0.0536. The molecule has 1 aliphatic rings. The fourth-order valence-corrected chi connectivity index (χ4v) is 2.53. The molecule has 0 aliphatic carbocycles. The third-order valence-corrected chi connectivity index (χ3v) is 3.88. The Bertz CT molecular complexity index is 706. The summed E-state index contributed by atoms with van der Waals surface area (Å²) in [5, 5.41) is 3.74. The first-order chi connectivity index (χ1) is 11.6. The lowest BCUT2D eigenvalue weighted by atomic mass is 10.2. The van der Waals surface area contributed by atoms with E-state index in [1.165, 1.54) is 0 Å². The highest BCUT2D eigenvalue weighted by Crippen LogP contribution is 2.11. The first-order valence-corrected chi connectivity index (χ1v) is 7.82. The van der Waals surface area contributed by atoms with Gasteiger partial charge < -0.3 is 19.1 Å². The molecule has 126 valence electrons. The lowest BCUT2D eigenvalue weighted by Gasteiger charge is -2.33. The zero-order valence-electron chi connectivity index (χ0n) is 13.5. The minimum atomic E-state index is -0.358. The second-order valence-corrected chi connectivity index (χ2v) is 5.64. The number of nitrogens with zero attached hydrogens (tertiary/aromatic N) is 3. The number of benzene rings is 1. The number of aryl methyl sites for hydroxylation is 1. The monoisotopic (exact) mass is 329 g/mol. The first-order valence-electron chi connectivity index (χ1n) is 7.82. The van der Waals surface area contributed by atoms with Gasteiger partial charge in [-0.25, -0.2) is 4.79 Å². The molecule has 0 radical (unpaired) electrons. The highest BCUT2D eigenvalue weighted by atomic mass is 16.6. The summed E-state index contributed by atoms with van der Waals surface area (Å²) in [6, 6.07) is 11.1. The summed E-state index contributed by atoms with van der Waals surface area (Å²) < 4.78 is 10.2. The van der Waals surface area contributed by atoms with Crippen molar-refractivity contribution in [1.82, 2.24) is 15.0 Å². The van der Waals surface area contributed by atoms with Crippen LogP contribution in [0.2, 0.25) is 0 Å². The quantitative estimate of drug-likeness (QED) is 0.862. The standard InChI is InChI=1S/C17H19N3O4/c1-13-11-15(18-24-13)16(21)19-7-9-20(10-8-19)17(22)23-12-14-5-3-2-4-6-14/h2-6,11H,7-10,12H2,1H3. The molecule has 7 heteroatoms. The van der Waals surface area contributed by atoms with Crippen LogP contribution in [0.25, 0.3) is 0 Å². The number of amides is 2. The Morgan fingerprint density at radius 1 is 1.12 bits per heavy atom. The smallest absolute Gasteiger partial charge is 0.410 e. The van der Waals surface area contributed by atoms with Crippen LogP contribution in [0.4, 0.5) is 4.79 Å². The molecule has 1 aliphatic heterocycles. The summed E-state index contributed by atoms with van der Waals surface area (Å²) >= 11 is 0. The third-order valence-electron chi connectivity index (χ3n) is 3.88. The molecule has 0 unspecified atom stereocenters. The lowest BCUT2D eigenvalue weighted by Crippen LogP contribution is -2.50. The summed E-state index contributed by atoms with van der Waals surface area (Å²) in [7, 11) is 0. The zero-order valence-corrected chi connectivity index (χ0v) is 13.5. The molecule has 3 rings (SSSR count). The van der Waals surface area contributed by atoms with Gasteiger partial charge in [0, 0.05) is 32.2 Å². The number of hydrogen-bond donors (Lipinski definition) is 0. The second-order valence-electron chi connectivity index (χ2n) is 5.64. The van der Waals surface area contributed by atoms with E-state index in [1.807, 2.05) is 30.3 Å². The molecule has 1 aromatic heterocycles. The van der Waals surface area contributed by atoms with E-state index in [9.17, 15) is 9.59 Å². The van der Waals surface area contributed by atoms with Crippen molar-refractivity contribution in [1.29, 1.82) is 0 Å². The molecular formula is C17H19N3O4. The Kier molecular flexibility index (Phi) is 4.79. The summed E-state index contributed by atoms with van der Waals surface area (Å²) in [5.74, 6) is 0.422. The fourth-order valence-electron chi connectivity index (χ4n) is 2.53.